The zero-order valence-corrected chi connectivity index (χ0v) is 14.8. The molecule has 0 aliphatic carbocycles. The predicted octanol–water partition coefficient (Wildman–Crippen LogP) is 3.17. The summed E-state index contributed by atoms with van der Waals surface area (Å²) in [7, 11) is 4.24. The van der Waals surface area contributed by atoms with Crippen LogP contribution in [-0.4, -0.2) is 49.6 Å². The van der Waals surface area contributed by atoms with Crippen molar-refractivity contribution in [2.45, 2.75) is 32.4 Å². The Balaban J connectivity index is 2.72. The molecule has 0 saturated carbocycles. The van der Waals surface area contributed by atoms with E-state index < -0.39 is 0 Å². The van der Waals surface area contributed by atoms with Gasteiger partial charge in [0.2, 0.25) is 0 Å². The highest BCUT2D eigenvalue weighted by atomic mass is 79.9. The summed E-state index contributed by atoms with van der Waals surface area (Å²) in [6.07, 6.45) is 1.18. The largest absolute Gasteiger partial charge is 0.326 e. The van der Waals surface area contributed by atoms with Gasteiger partial charge >= 0.3 is 0 Å². The first-order valence-corrected chi connectivity index (χ1v) is 8.46. The molecule has 2 unspecified atom stereocenters. The van der Waals surface area contributed by atoms with Gasteiger partial charge in [-0.3, -0.25) is 4.90 Å². The standard InChI is InChI=1S/C14H26BrN3S/c1-5-18(10-6-9-17(3)4)14(11(2)16)12-7-8-13(15)19-12/h7-8,11,14H,5-6,9-10,16H2,1-4H3. The Hall–Kier alpha value is 0.0600. The maximum atomic E-state index is 6.23. The topological polar surface area (TPSA) is 32.5 Å². The summed E-state index contributed by atoms with van der Waals surface area (Å²) < 4.78 is 1.18. The molecule has 5 heteroatoms. The Morgan fingerprint density at radius 2 is 2.00 bits per heavy atom. The van der Waals surface area contributed by atoms with Crippen molar-refractivity contribution in [3.8, 4) is 0 Å². The van der Waals surface area contributed by atoms with Crippen molar-refractivity contribution < 1.29 is 0 Å². The van der Waals surface area contributed by atoms with Gasteiger partial charge in [-0.05, 0) is 68.6 Å². The molecule has 110 valence electrons. The van der Waals surface area contributed by atoms with Crippen LogP contribution in [0.2, 0.25) is 0 Å². The molecule has 0 aliphatic rings. The van der Waals surface area contributed by atoms with Gasteiger partial charge in [-0.15, -0.1) is 11.3 Å². The first-order chi connectivity index (χ1) is 8.95. The second-order valence-corrected chi connectivity index (χ2v) is 7.73. The van der Waals surface area contributed by atoms with E-state index in [9.17, 15) is 0 Å². The minimum absolute atomic E-state index is 0.143. The van der Waals surface area contributed by atoms with Crippen molar-refractivity contribution >= 4 is 27.3 Å². The Labute approximate surface area is 129 Å². The molecule has 0 radical (unpaired) electrons. The Bertz CT molecular complexity index is 365. The van der Waals surface area contributed by atoms with E-state index in [1.165, 1.54) is 15.1 Å². The van der Waals surface area contributed by atoms with Crippen molar-refractivity contribution in [2.75, 3.05) is 33.7 Å². The van der Waals surface area contributed by atoms with Gasteiger partial charge < -0.3 is 10.6 Å². The molecular formula is C14H26BrN3S. The highest BCUT2D eigenvalue weighted by Crippen LogP contribution is 2.32. The Kier molecular flexibility index (Phi) is 7.54. The Morgan fingerprint density at radius 3 is 2.42 bits per heavy atom. The zero-order chi connectivity index (χ0) is 14.4. The van der Waals surface area contributed by atoms with Crippen molar-refractivity contribution in [3.05, 3.63) is 20.8 Å². The average molecular weight is 348 g/mol. The van der Waals surface area contributed by atoms with Crippen LogP contribution in [0.25, 0.3) is 0 Å². The molecule has 0 spiro atoms. The van der Waals surface area contributed by atoms with E-state index in [0.29, 0.717) is 6.04 Å². The molecule has 0 bridgehead atoms. The smallest absolute Gasteiger partial charge is 0.0702 e. The SMILES string of the molecule is CCN(CCCN(C)C)C(c1ccc(Br)s1)C(C)N. The number of nitrogens with two attached hydrogens (primary N) is 1. The van der Waals surface area contributed by atoms with Crippen molar-refractivity contribution in [1.29, 1.82) is 0 Å². The van der Waals surface area contributed by atoms with E-state index in [2.05, 4.69) is 65.8 Å². The van der Waals surface area contributed by atoms with Crippen LogP contribution in [0.4, 0.5) is 0 Å². The molecule has 1 heterocycles. The fourth-order valence-electron chi connectivity index (χ4n) is 2.34. The molecular weight excluding hydrogens is 322 g/mol. The molecule has 1 aromatic heterocycles. The lowest BCUT2D eigenvalue weighted by atomic mass is 10.1. The maximum absolute atomic E-state index is 6.23. The minimum Gasteiger partial charge on any atom is -0.326 e. The van der Waals surface area contributed by atoms with Gasteiger partial charge in [-0.2, -0.15) is 0 Å². The fraction of sp³-hybridized carbons (Fsp3) is 0.714. The van der Waals surface area contributed by atoms with Crippen LogP contribution in [0.3, 0.4) is 0 Å². The van der Waals surface area contributed by atoms with Crippen LogP contribution in [0.5, 0.6) is 0 Å². The van der Waals surface area contributed by atoms with E-state index in [0.717, 1.165) is 19.6 Å². The van der Waals surface area contributed by atoms with Crippen LogP contribution < -0.4 is 5.73 Å². The second kappa shape index (κ2) is 8.37. The molecule has 0 amide bonds. The van der Waals surface area contributed by atoms with Gasteiger partial charge in [-0.25, -0.2) is 0 Å². The van der Waals surface area contributed by atoms with E-state index in [-0.39, 0.29) is 6.04 Å². The average Bonchev–Trinajstić information content (AvgIpc) is 2.73. The van der Waals surface area contributed by atoms with Crippen molar-refractivity contribution in [3.63, 3.8) is 0 Å². The van der Waals surface area contributed by atoms with Gasteiger partial charge in [0.25, 0.3) is 0 Å². The summed E-state index contributed by atoms with van der Waals surface area (Å²) in [5.74, 6) is 0. The summed E-state index contributed by atoms with van der Waals surface area (Å²) in [5.41, 5.74) is 6.23. The first-order valence-electron chi connectivity index (χ1n) is 6.85. The highest BCUT2D eigenvalue weighted by molar-refractivity contribution is 9.11. The number of rotatable bonds is 8. The van der Waals surface area contributed by atoms with Crippen molar-refractivity contribution in [1.82, 2.24) is 9.80 Å². The molecule has 3 nitrogen and oxygen atoms in total. The summed E-state index contributed by atoms with van der Waals surface area (Å²) >= 11 is 5.34. The number of hydrogen-bond acceptors (Lipinski definition) is 4. The molecule has 0 fully saturated rings. The maximum Gasteiger partial charge on any atom is 0.0702 e. The molecule has 2 N–H and O–H groups in total. The van der Waals surface area contributed by atoms with Gasteiger partial charge in [0.1, 0.15) is 0 Å². The number of thiophene rings is 1. The van der Waals surface area contributed by atoms with Crippen molar-refractivity contribution in [2.24, 2.45) is 5.73 Å². The normalized spacial score (nSPS) is 15.2. The number of likely N-dealkylation sites (N-methyl/N-ethyl adjacent to an activating group) is 1. The molecule has 1 rings (SSSR count). The lowest BCUT2D eigenvalue weighted by molar-refractivity contribution is 0.180. The molecule has 2 atom stereocenters. The van der Waals surface area contributed by atoms with Crippen LogP contribution in [0.1, 0.15) is 31.2 Å². The third-order valence-electron chi connectivity index (χ3n) is 3.23. The fourth-order valence-corrected chi connectivity index (χ4v) is 4.02. The summed E-state index contributed by atoms with van der Waals surface area (Å²) in [5, 5.41) is 0. The number of halogens is 1. The first kappa shape index (κ1) is 17.1. The molecule has 19 heavy (non-hydrogen) atoms. The molecule has 0 saturated heterocycles. The van der Waals surface area contributed by atoms with E-state index >= 15 is 0 Å². The lowest BCUT2D eigenvalue weighted by Gasteiger charge is -2.33. The van der Waals surface area contributed by atoms with Gasteiger partial charge in [-0.1, -0.05) is 6.92 Å². The number of hydrogen-bond donors (Lipinski definition) is 1. The van der Waals surface area contributed by atoms with E-state index in [1.807, 2.05) is 0 Å². The number of nitrogens with zero attached hydrogens (tertiary/aromatic N) is 2. The molecule has 1 aromatic rings. The third-order valence-corrected chi connectivity index (χ3v) is 4.93. The van der Waals surface area contributed by atoms with Gasteiger partial charge in [0.15, 0.2) is 0 Å². The zero-order valence-electron chi connectivity index (χ0n) is 12.4. The Morgan fingerprint density at radius 1 is 1.32 bits per heavy atom. The van der Waals surface area contributed by atoms with Crippen LogP contribution in [0.15, 0.2) is 15.9 Å². The monoisotopic (exact) mass is 347 g/mol. The third kappa shape index (κ3) is 5.52. The van der Waals surface area contributed by atoms with Gasteiger partial charge in [0.05, 0.1) is 9.83 Å². The second-order valence-electron chi connectivity index (χ2n) is 5.23. The quantitative estimate of drug-likeness (QED) is 0.783. The highest BCUT2D eigenvalue weighted by Gasteiger charge is 2.24. The van der Waals surface area contributed by atoms with Crippen LogP contribution in [0, 0.1) is 0 Å². The predicted molar refractivity (Wildman–Crippen MR) is 88.8 cm³/mol. The van der Waals surface area contributed by atoms with E-state index in [1.54, 1.807) is 11.3 Å². The van der Waals surface area contributed by atoms with E-state index in [4.69, 9.17) is 5.73 Å². The summed E-state index contributed by atoms with van der Waals surface area (Å²) in [6, 6.07) is 4.77. The summed E-state index contributed by atoms with van der Waals surface area (Å²) in [6.45, 7) is 7.57. The van der Waals surface area contributed by atoms with Crippen LogP contribution in [-0.2, 0) is 0 Å². The van der Waals surface area contributed by atoms with Gasteiger partial charge in [0, 0.05) is 17.5 Å². The molecule has 0 aliphatic heterocycles. The summed E-state index contributed by atoms with van der Waals surface area (Å²) in [4.78, 5) is 6.08. The molecule has 0 aromatic carbocycles. The minimum atomic E-state index is 0.143. The lowest BCUT2D eigenvalue weighted by Crippen LogP contribution is -2.40. The van der Waals surface area contributed by atoms with Crippen LogP contribution >= 0.6 is 27.3 Å².